The van der Waals surface area contributed by atoms with Crippen LogP contribution in [0.4, 0.5) is 13.2 Å². The lowest BCUT2D eigenvalue weighted by Gasteiger charge is -2.28. The van der Waals surface area contributed by atoms with Crippen molar-refractivity contribution in [3.63, 3.8) is 0 Å². The van der Waals surface area contributed by atoms with Gasteiger partial charge in [0, 0.05) is 17.6 Å². The van der Waals surface area contributed by atoms with Crippen molar-refractivity contribution in [3.05, 3.63) is 33.8 Å². The molecule has 2 rings (SSSR count). The summed E-state index contributed by atoms with van der Waals surface area (Å²) in [7, 11) is 0. The lowest BCUT2D eigenvalue weighted by Crippen LogP contribution is -2.36. The molecule has 1 heterocycles. The van der Waals surface area contributed by atoms with Crippen molar-refractivity contribution >= 4 is 15.9 Å². The van der Waals surface area contributed by atoms with Gasteiger partial charge in [0.05, 0.1) is 5.92 Å². The SMILES string of the molecule is FC(F)(F)C1CNCc2ccc(Br)cc21. The second-order valence-corrected chi connectivity index (χ2v) is 4.48. The van der Waals surface area contributed by atoms with Gasteiger partial charge in [0.1, 0.15) is 0 Å². The van der Waals surface area contributed by atoms with Gasteiger partial charge in [-0.15, -0.1) is 0 Å². The second-order valence-electron chi connectivity index (χ2n) is 3.57. The average molecular weight is 280 g/mol. The van der Waals surface area contributed by atoms with Gasteiger partial charge in [-0.05, 0) is 23.3 Å². The van der Waals surface area contributed by atoms with Crippen LogP contribution >= 0.6 is 15.9 Å². The molecule has 0 fully saturated rings. The van der Waals surface area contributed by atoms with E-state index in [1.807, 2.05) is 0 Å². The van der Waals surface area contributed by atoms with E-state index in [0.717, 1.165) is 5.56 Å². The average Bonchev–Trinajstić information content (AvgIpc) is 2.15. The number of benzene rings is 1. The quantitative estimate of drug-likeness (QED) is 0.769. The fraction of sp³-hybridized carbons (Fsp3) is 0.400. The summed E-state index contributed by atoms with van der Waals surface area (Å²) in [5.74, 6) is -1.39. The smallest absolute Gasteiger partial charge is 0.312 e. The number of hydrogen-bond donors (Lipinski definition) is 1. The summed E-state index contributed by atoms with van der Waals surface area (Å²) in [6, 6.07) is 5.05. The van der Waals surface area contributed by atoms with E-state index >= 15 is 0 Å². The number of rotatable bonds is 0. The van der Waals surface area contributed by atoms with Crippen molar-refractivity contribution < 1.29 is 13.2 Å². The highest BCUT2D eigenvalue weighted by Crippen LogP contribution is 2.38. The Labute approximate surface area is 93.8 Å². The van der Waals surface area contributed by atoms with Gasteiger partial charge in [-0.1, -0.05) is 22.0 Å². The summed E-state index contributed by atoms with van der Waals surface area (Å²) in [5, 5.41) is 2.78. The molecule has 0 aromatic heterocycles. The van der Waals surface area contributed by atoms with Gasteiger partial charge in [0.15, 0.2) is 0 Å². The van der Waals surface area contributed by atoms with E-state index in [4.69, 9.17) is 0 Å². The fourth-order valence-corrected chi connectivity index (χ4v) is 2.18. The minimum atomic E-state index is -4.18. The lowest BCUT2D eigenvalue weighted by atomic mass is 9.90. The van der Waals surface area contributed by atoms with Crippen LogP contribution in [0.3, 0.4) is 0 Å². The molecule has 0 saturated carbocycles. The van der Waals surface area contributed by atoms with Crippen molar-refractivity contribution in [2.24, 2.45) is 0 Å². The van der Waals surface area contributed by atoms with Gasteiger partial charge in [0.25, 0.3) is 0 Å². The first-order valence-corrected chi connectivity index (χ1v) is 5.33. The maximum atomic E-state index is 12.7. The number of alkyl halides is 3. The topological polar surface area (TPSA) is 12.0 Å². The van der Waals surface area contributed by atoms with E-state index in [0.29, 0.717) is 16.6 Å². The first kappa shape index (κ1) is 11.0. The van der Waals surface area contributed by atoms with Crippen LogP contribution in [0, 0.1) is 0 Å². The molecule has 1 unspecified atom stereocenters. The van der Waals surface area contributed by atoms with Gasteiger partial charge < -0.3 is 5.32 Å². The van der Waals surface area contributed by atoms with E-state index in [-0.39, 0.29) is 6.54 Å². The molecular formula is C10H9BrF3N. The lowest BCUT2D eigenvalue weighted by molar-refractivity contribution is -0.150. The summed E-state index contributed by atoms with van der Waals surface area (Å²) in [6.07, 6.45) is -4.18. The molecule has 0 spiro atoms. The highest BCUT2D eigenvalue weighted by molar-refractivity contribution is 9.10. The zero-order valence-corrected chi connectivity index (χ0v) is 9.32. The third kappa shape index (κ3) is 2.18. The molecular weight excluding hydrogens is 271 g/mol. The largest absolute Gasteiger partial charge is 0.396 e. The van der Waals surface area contributed by atoms with Crippen LogP contribution in [0.5, 0.6) is 0 Å². The monoisotopic (exact) mass is 279 g/mol. The first-order chi connectivity index (χ1) is 6.98. The van der Waals surface area contributed by atoms with E-state index < -0.39 is 12.1 Å². The molecule has 1 N–H and O–H groups in total. The Balaban J connectivity index is 2.45. The first-order valence-electron chi connectivity index (χ1n) is 4.54. The minimum absolute atomic E-state index is 0.0348. The summed E-state index contributed by atoms with van der Waals surface area (Å²) in [5.41, 5.74) is 1.11. The molecule has 82 valence electrons. The third-order valence-electron chi connectivity index (χ3n) is 2.54. The summed E-state index contributed by atoms with van der Waals surface area (Å²) in [4.78, 5) is 0. The van der Waals surface area contributed by atoms with Gasteiger partial charge in [-0.2, -0.15) is 13.2 Å². The van der Waals surface area contributed by atoms with Gasteiger partial charge in [-0.3, -0.25) is 0 Å². The van der Waals surface area contributed by atoms with Gasteiger partial charge in [0.2, 0.25) is 0 Å². The normalized spacial score (nSPS) is 21.2. The van der Waals surface area contributed by atoms with Crippen LogP contribution in [-0.2, 0) is 6.54 Å². The fourth-order valence-electron chi connectivity index (χ4n) is 1.80. The Morgan fingerprint density at radius 2 is 2.07 bits per heavy atom. The van der Waals surface area contributed by atoms with E-state index in [2.05, 4.69) is 21.2 Å². The van der Waals surface area contributed by atoms with Gasteiger partial charge >= 0.3 is 6.18 Å². The standard InChI is InChI=1S/C10H9BrF3N/c11-7-2-1-6-4-15-5-9(8(6)3-7)10(12,13)14/h1-3,9,15H,4-5H2. The van der Waals surface area contributed by atoms with Crippen LogP contribution in [0.15, 0.2) is 22.7 Å². The molecule has 0 bridgehead atoms. The zero-order chi connectivity index (χ0) is 11.1. The van der Waals surface area contributed by atoms with Gasteiger partial charge in [-0.25, -0.2) is 0 Å². The molecule has 5 heteroatoms. The van der Waals surface area contributed by atoms with Crippen LogP contribution in [0.1, 0.15) is 17.0 Å². The molecule has 1 atom stereocenters. The predicted octanol–water partition coefficient (Wildman–Crippen LogP) is 3.20. The molecule has 1 aliphatic heterocycles. The summed E-state index contributed by atoms with van der Waals surface area (Å²) >= 11 is 3.20. The number of nitrogens with one attached hydrogen (secondary N) is 1. The van der Waals surface area contributed by atoms with E-state index in [1.165, 1.54) is 0 Å². The van der Waals surface area contributed by atoms with Crippen molar-refractivity contribution in [2.75, 3.05) is 6.54 Å². The highest BCUT2D eigenvalue weighted by atomic mass is 79.9. The molecule has 0 radical (unpaired) electrons. The van der Waals surface area contributed by atoms with Crippen molar-refractivity contribution in [3.8, 4) is 0 Å². The molecule has 1 aromatic rings. The Morgan fingerprint density at radius 3 is 2.73 bits per heavy atom. The highest BCUT2D eigenvalue weighted by Gasteiger charge is 2.42. The van der Waals surface area contributed by atoms with E-state index in [1.54, 1.807) is 18.2 Å². The summed E-state index contributed by atoms with van der Waals surface area (Å²) in [6.45, 7) is 0.474. The molecule has 1 aliphatic rings. The molecule has 1 aromatic carbocycles. The van der Waals surface area contributed by atoms with E-state index in [9.17, 15) is 13.2 Å². The van der Waals surface area contributed by atoms with Crippen LogP contribution in [0.25, 0.3) is 0 Å². The molecule has 15 heavy (non-hydrogen) atoms. The Kier molecular flexibility index (Phi) is 2.77. The molecule has 0 saturated heterocycles. The predicted molar refractivity (Wildman–Crippen MR) is 54.6 cm³/mol. The molecule has 1 nitrogen and oxygen atoms in total. The van der Waals surface area contributed by atoms with Crippen molar-refractivity contribution in [1.82, 2.24) is 5.32 Å². The maximum Gasteiger partial charge on any atom is 0.396 e. The Hall–Kier alpha value is -0.550. The molecule has 0 amide bonds. The summed E-state index contributed by atoms with van der Waals surface area (Å²) < 4.78 is 38.8. The maximum absolute atomic E-state index is 12.7. The molecule has 0 aliphatic carbocycles. The number of halogens is 4. The second kappa shape index (κ2) is 3.79. The Bertz CT molecular complexity index is 375. The zero-order valence-electron chi connectivity index (χ0n) is 7.74. The van der Waals surface area contributed by atoms with Crippen LogP contribution < -0.4 is 5.32 Å². The van der Waals surface area contributed by atoms with Crippen molar-refractivity contribution in [2.45, 2.75) is 18.6 Å². The number of fused-ring (bicyclic) bond motifs is 1. The van der Waals surface area contributed by atoms with Crippen molar-refractivity contribution in [1.29, 1.82) is 0 Å². The van der Waals surface area contributed by atoms with Crippen LogP contribution in [-0.4, -0.2) is 12.7 Å². The third-order valence-corrected chi connectivity index (χ3v) is 3.04. The number of hydrogen-bond acceptors (Lipinski definition) is 1. The van der Waals surface area contributed by atoms with Crippen LogP contribution in [0.2, 0.25) is 0 Å². The minimum Gasteiger partial charge on any atom is -0.312 e. The Morgan fingerprint density at radius 1 is 1.33 bits per heavy atom.